The molecule has 1 atom stereocenters. The first-order chi connectivity index (χ1) is 13.5. The third-order valence-electron chi connectivity index (χ3n) is 4.61. The monoisotopic (exact) mass is 381 g/mol. The van der Waals surface area contributed by atoms with Crippen LogP contribution < -0.4 is 20.3 Å². The standard InChI is InChI=1S/C21H23N3O4/c1-3-28-16-10-8-15(9-11-16)24-13-14(12-19(24)25)20(26)23-18-7-5-4-6-17(18)21(27)22-2/h4-11,14H,3,12-13H2,1-2H3,(H,22,27)(H,23,26)/t14-/m0/s1. The molecular formula is C21H23N3O4. The molecule has 2 N–H and O–H groups in total. The molecule has 0 radical (unpaired) electrons. The number of hydrogen-bond donors (Lipinski definition) is 2. The van der Waals surface area contributed by atoms with Gasteiger partial charge in [-0.05, 0) is 43.3 Å². The molecule has 0 spiro atoms. The Labute approximate surface area is 163 Å². The summed E-state index contributed by atoms with van der Waals surface area (Å²) in [5, 5.41) is 5.34. The highest BCUT2D eigenvalue weighted by Gasteiger charge is 2.35. The Bertz CT molecular complexity index is 879. The second kappa shape index (κ2) is 8.56. The Kier molecular flexibility index (Phi) is 5.93. The van der Waals surface area contributed by atoms with Crippen molar-refractivity contribution >= 4 is 29.1 Å². The third kappa shape index (κ3) is 4.14. The number of benzene rings is 2. The Balaban J connectivity index is 1.70. The van der Waals surface area contributed by atoms with Crippen molar-refractivity contribution in [2.24, 2.45) is 5.92 Å². The zero-order chi connectivity index (χ0) is 20.1. The minimum Gasteiger partial charge on any atom is -0.494 e. The maximum absolute atomic E-state index is 12.7. The molecule has 1 fully saturated rings. The minimum absolute atomic E-state index is 0.108. The molecule has 3 amide bonds. The second-order valence-corrected chi connectivity index (χ2v) is 6.45. The van der Waals surface area contributed by atoms with Crippen LogP contribution in [-0.4, -0.2) is 37.9 Å². The van der Waals surface area contributed by atoms with Crippen molar-refractivity contribution in [2.45, 2.75) is 13.3 Å². The van der Waals surface area contributed by atoms with Gasteiger partial charge in [0, 0.05) is 25.7 Å². The molecule has 1 saturated heterocycles. The van der Waals surface area contributed by atoms with Gasteiger partial charge in [0.05, 0.1) is 23.8 Å². The molecule has 7 nitrogen and oxygen atoms in total. The minimum atomic E-state index is -0.489. The van der Waals surface area contributed by atoms with Crippen LogP contribution in [0.1, 0.15) is 23.7 Å². The molecule has 0 aliphatic carbocycles. The zero-order valence-corrected chi connectivity index (χ0v) is 15.9. The molecule has 0 bridgehead atoms. The molecular weight excluding hydrogens is 358 g/mol. The van der Waals surface area contributed by atoms with E-state index in [4.69, 9.17) is 4.74 Å². The Morgan fingerprint density at radius 2 is 1.86 bits per heavy atom. The highest BCUT2D eigenvalue weighted by molar-refractivity contribution is 6.07. The van der Waals surface area contributed by atoms with Gasteiger partial charge in [0.15, 0.2) is 0 Å². The molecule has 7 heteroatoms. The fraction of sp³-hybridized carbons (Fsp3) is 0.286. The van der Waals surface area contributed by atoms with Gasteiger partial charge in [-0.25, -0.2) is 0 Å². The summed E-state index contributed by atoms with van der Waals surface area (Å²) in [6, 6.07) is 14.0. The van der Waals surface area contributed by atoms with Crippen molar-refractivity contribution in [2.75, 3.05) is 30.4 Å². The van der Waals surface area contributed by atoms with E-state index >= 15 is 0 Å². The normalized spacial score (nSPS) is 16.0. The van der Waals surface area contributed by atoms with Gasteiger partial charge in [0.2, 0.25) is 11.8 Å². The van der Waals surface area contributed by atoms with E-state index in [1.165, 1.54) is 7.05 Å². The number of nitrogens with one attached hydrogen (secondary N) is 2. The summed E-state index contributed by atoms with van der Waals surface area (Å²) in [5.41, 5.74) is 1.54. The summed E-state index contributed by atoms with van der Waals surface area (Å²) in [6.07, 6.45) is 0.126. The van der Waals surface area contributed by atoms with Gasteiger partial charge in [-0.1, -0.05) is 12.1 Å². The van der Waals surface area contributed by atoms with Crippen LogP contribution in [0.5, 0.6) is 5.75 Å². The van der Waals surface area contributed by atoms with E-state index in [0.29, 0.717) is 24.4 Å². The first-order valence-electron chi connectivity index (χ1n) is 9.18. The molecule has 1 aliphatic rings. The fourth-order valence-electron chi connectivity index (χ4n) is 3.18. The van der Waals surface area contributed by atoms with Crippen molar-refractivity contribution in [3.8, 4) is 5.75 Å². The van der Waals surface area contributed by atoms with Crippen LogP contribution in [-0.2, 0) is 9.59 Å². The van der Waals surface area contributed by atoms with E-state index in [9.17, 15) is 14.4 Å². The molecule has 2 aromatic rings. The summed E-state index contributed by atoms with van der Waals surface area (Å²) in [5.74, 6) is -0.425. The number of rotatable bonds is 6. The van der Waals surface area contributed by atoms with Gasteiger partial charge in [-0.2, -0.15) is 0 Å². The number of carbonyl (C=O) groups is 3. The van der Waals surface area contributed by atoms with E-state index in [-0.39, 0.29) is 24.1 Å². The van der Waals surface area contributed by atoms with E-state index in [1.54, 1.807) is 41.3 Å². The lowest BCUT2D eigenvalue weighted by Crippen LogP contribution is -2.29. The number of anilines is 2. The van der Waals surface area contributed by atoms with E-state index in [0.717, 1.165) is 11.4 Å². The van der Waals surface area contributed by atoms with Crippen molar-refractivity contribution in [3.63, 3.8) is 0 Å². The number of hydrogen-bond acceptors (Lipinski definition) is 4. The lowest BCUT2D eigenvalue weighted by Gasteiger charge is -2.17. The predicted octanol–water partition coefficient (Wildman–Crippen LogP) is 2.44. The third-order valence-corrected chi connectivity index (χ3v) is 4.61. The lowest BCUT2D eigenvalue weighted by molar-refractivity contribution is -0.122. The van der Waals surface area contributed by atoms with Gasteiger partial charge in [-0.15, -0.1) is 0 Å². The van der Waals surface area contributed by atoms with Crippen LogP contribution in [0.4, 0.5) is 11.4 Å². The molecule has 28 heavy (non-hydrogen) atoms. The molecule has 3 rings (SSSR count). The maximum atomic E-state index is 12.7. The number of para-hydroxylation sites is 1. The molecule has 1 aliphatic heterocycles. The topological polar surface area (TPSA) is 87.7 Å². The zero-order valence-electron chi connectivity index (χ0n) is 15.9. The largest absolute Gasteiger partial charge is 0.494 e. The van der Waals surface area contributed by atoms with Crippen LogP contribution in [0.15, 0.2) is 48.5 Å². The van der Waals surface area contributed by atoms with Gasteiger partial charge in [0.1, 0.15) is 5.75 Å². The van der Waals surface area contributed by atoms with Crippen LogP contribution in [0.3, 0.4) is 0 Å². The van der Waals surface area contributed by atoms with Gasteiger partial charge < -0.3 is 20.3 Å². The van der Waals surface area contributed by atoms with Crippen LogP contribution in [0.2, 0.25) is 0 Å². The first-order valence-corrected chi connectivity index (χ1v) is 9.18. The van der Waals surface area contributed by atoms with Crippen molar-refractivity contribution < 1.29 is 19.1 Å². The average Bonchev–Trinajstić information content (AvgIpc) is 3.10. The second-order valence-electron chi connectivity index (χ2n) is 6.45. The van der Waals surface area contributed by atoms with Gasteiger partial charge >= 0.3 is 0 Å². The number of nitrogens with zero attached hydrogens (tertiary/aromatic N) is 1. The Morgan fingerprint density at radius 3 is 2.54 bits per heavy atom. The van der Waals surface area contributed by atoms with Crippen molar-refractivity contribution in [1.82, 2.24) is 5.32 Å². The summed E-state index contributed by atoms with van der Waals surface area (Å²) in [7, 11) is 1.53. The first kappa shape index (κ1) is 19.4. The Morgan fingerprint density at radius 1 is 1.14 bits per heavy atom. The molecule has 0 saturated carbocycles. The fourth-order valence-corrected chi connectivity index (χ4v) is 3.18. The maximum Gasteiger partial charge on any atom is 0.253 e. The highest BCUT2D eigenvalue weighted by atomic mass is 16.5. The summed E-state index contributed by atoms with van der Waals surface area (Å²) < 4.78 is 5.42. The summed E-state index contributed by atoms with van der Waals surface area (Å²) in [6.45, 7) is 2.77. The summed E-state index contributed by atoms with van der Waals surface area (Å²) >= 11 is 0. The van der Waals surface area contributed by atoms with E-state index in [1.807, 2.05) is 19.1 Å². The molecule has 1 heterocycles. The van der Waals surface area contributed by atoms with Crippen molar-refractivity contribution in [1.29, 1.82) is 0 Å². The van der Waals surface area contributed by atoms with Crippen molar-refractivity contribution in [3.05, 3.63) is 54.1 Å². The molecule has 2 aromatic carbocycles. The van der Waals surface area contributed by atoms with Gasteiger partial charge in [-0.3, -0.25) is 14.4 Å². The predicted molar refractivity (Wildman–Crippen MR) is 107 cm³/mol. The SMILES string of the molecule is CCOc1ccc(N2C[C@@H](C(=O)Nc3ccccc3C(=O)NC)CC2=O)cc1. The Hall–Kier alpha value is -3.35. The van der Waals surface area contributed by atoms with Crippen LogP contribution in [0.25, 0.3) is 0 Å². The van der Waals surface area contributed by atoms with Gasteiger partial charge in [0.25, 0.3) is 5.91 Å². The summed E-state index contributed by atoms with van der Waals surface area (Å²) in [4.78, 5) is 38.7. The lowest BCUT2D eigenvalue weighted by atomic mass is 10.1. The number of amides is 3. The number of ether oxygens (including phenoxy) is 1. The average molecular weight is 381 g/mol. The smallest absolute Gasteiger partial charge is 0.253 e. The van der Waals surface area contributed by atoms with E-state index in [2.05, 4.69) is 10.6 Å². The van der Waals surface area contributed by atoms with Crippen LogP contribution >= 0.6 is 0 Å². The highest BCUT2D eigenvalue weighted by Crippen LogP contribution is 2.28. The van der Waals surface area contributed by atoms with Crippen LogP contribution in [0, 0.1) is 5.92 Å². The molecule has 0 unspecified atom stereocenters. The number of carbonyl (C=O) groups excluding carboxylic acids is 3. The van der Waals surface area contributed by atoms with E-state index < -0.39 is 5.92 Å². The molecule has 146 valence electrons. The quantitative estimate of drug-likeness (QED) is 0.805. The molecule has 0 aromatic heterocycles.